The first-order chi connectivity index (χ1) is 8.65. The van der Waals surface area contributed by atoms with Crippen LogP contribution in [0.5, 0.6) is 0 Å². The lowest BCUT2D eigenvalue weighted by Gasteiger charge is -2.19. The van der Waals surface area contributed by atoms with Crippen molar-refractivity contribution in [1.82, 2.24) is 5.32 Å². The van der Waals surface area contributed by atoms with Crippen LogP contribution in [0.1, 0.15) is 50.8 Å². The average Bonchev–Trinajstić information content (AvgIpc) is 2.62. The third-order valence-corrected chi connectivity index (χ3v) is 5.77. The minimum absolute atomic E-state index is 0.731. The quantitative estimate of drug-likeness (QED) is 0.748. The van der Waals surface area contributed by atoms with Gasteiger partial charge in [0.15, 0.2) is 0 Å². The van der Waals surface area contributed by atoms with Gasteiger partial charge >= 0.3 is 0 Å². The highest BCUT2D eigenvalue weighted by molar-refractivity contribution is 9.11. The maximum Gasteiger partial charge on any atom is 0.0701 e. The van der Waals surface area contributed by atoms with Gasteiger partial charge in [0.05, 0.1) is 3.79 Å². The van der Waals surface area contributed by atoms with Crippen molar-refractivity contribution in [2.75, 3.05) is 0 Å². The zero-order valence-electron chi connectivity index (χ0n) is 11.4. The van der Waals surface area contributed by atoms with E-state index < -0.39 is 0 Å². The normalized spacial score (nSPS) is 25.3. The molecular formula is C15H24BrNS. The van der Waals surface area contributed by atoms with E-state index in [-0.39, 0.29) is 0 Å². The number of hydrogen-bond donors (Lipinski definition) is 1. The smallest absolute Gasteiger partial charge is 0.0701 e. The predicted molar refractivity (Wildman–Crippen MR) is 84.1 cm³/mol. The van der Waals surface area contributed by atoms with Gasteiger partial charge in [0.25, 0.3) is 0 Å². The van der Waals surface area contributed by atoms with E-state index in [1.807, 2.05) is 11.3 Å². The van der Waals surface area contributed by atoms with Crippen molar-refractivity contribution in [2.24, 2.45) is 11.8 Å². The highest BCUT2D eigenvalue weighted by atomic mass is 79.9. The van der Waals surface area contributed by atoms with Crippen LogP contribution in [0.3, 0.4) is 0 Å². The molecule has 0 radical (unpaired) electrons. The van der Waals surface area contributed by atoms with Gasteiger partial charge in [-0.05, 0) is 59.2 Å². The van der Waals surface area contributed by atoms with Crippen molar-refractivity contribution in [3.63, 3.8) is 0 Å². The Morgan fingerprint density at radius 1 is 1.28 bits per heavy atom. The Morgan fingerprint density at radius 2 is 2.11 bits per heavy atom. The fraction of sp³-hybridized carbons (Fsp3) is 0.733. The maximum atomic E-state index is 3.74. The van der Waals surface area contributed by atoms with Crippen LogP contribution < -0.4 is 5.32 Å². The number of rotatable bonds is 4. The van der Waals surface area contributed by atoms with Gasteiger partial charge in [-0.2, -0.15) is 0 Å². The Hall–Kier alpha value is 0.140. The molecule has 2 rings (SSSR count). The highest BCUT2D eigenvalue weighted by Gasteiger charge is 2.20. The van der Waals surface area contributed by atoms with Gasteiger partial charge in [-0.25, -0.2) is 0 Å². The monoisotopic (exact) mass is 329 g/mol. The Labute approximate surface area is 123 Å². The fourth-order valence-electron chi connectivity index (χ4n) is 2.89. The van der Waals surface area contributed by atoms with E-state index in [4.69, 9.17) is 0 Å². The van der Waals surface area contributed by atoms with Crippen molar-refractivity contribution in [2.45, 2.75) is 58.5 Å². The van der Waals surface area contributed by atoms with E-state index in [1.165, 1.54) is 40.8 Å². The Morgan fingerprint density at radius 3 is 2.78 bits per heavy atom. The third-order valence-electron chi connectivity index (χ3n) is 4.15. The molecule has 1 saturated carbocycles. The summed E-state index contributed by atoms with van der Waals surface area (Å²) in [7, 11) is 0. The van der Waals surface area contributed by atoms with Crippen LogP contribution in [0.25, 0.3) is 0 Å². The standard InChI is InChI=1S/C15H24BrNS/c1-11(2)12-4-3-5-13(7-6-12)17-10-14-8-9-15(16)18-14/h8-9,11-13,17H,3-7,10H2,1-2H3. The van der Waals surface area contributed by atoms with Crippen LogP contribution >= 0.6 is 27.3 Å². The summed E-state index contributed by atoms with van der Waals surface area (Å²) in [6.07, 6.45) is 6.95. The van der Waals surface area contributed by atoms with E-state index in [0.29, 0.717) is 0 Å². The minimum Gasteiger partial charge on any atom is -0.309 e. The third kappa shape index (κ3) is 4.36. The zero-order chi connectivity index (χ0) is 13.0. The van der Waals surface area contributed by atoms with Crippen molar-refractivity contribution >= 4 is 27.3 Å². The summed E-state index contributed by atoms with van der Waals surface area (Å²) in [6, 6.07) is 5.09. The van der Waals surface area contributed by atoms with Gasteiger partial charge in [-0.1, -0.05) is 26.7 Å². The Balaban J connectivity index is 1.77. The summed E-state index contributed by atoms with van der Waals surface area (Å²) in [5.74, 6) is 1.81. The summed E-state index contributed by atoms with van der Waals surface area (Å²) in [5, 5.41) is 3.74. The highest BCUT2D eigenvalue weighted by Crippen LogP contribution is 2.29. The predicted octanol–water partition coefficient (Wildman–Crippen LogP) is 5.21. The molecule has 1 heterocycles. The molecule has 0 spiro atoms. The second-order valence-electron chi connectivity index (χ2n) is 5.80. The zero-order valence-corrected chi connectivity index (χ0v) is 13.8. The SMILES string of the molecule is CC(C)C1CCCC(NCc2ccc(Br)s2)CC1. The largest absolute Gasteiger partial charge is 0.309 e. The topological polar surface area (TPSA) is 12.0 Å². The van der Waals surface area contributed by atoms with Crippen molar-refractivity contribution in [3.8, 4) is 0 Å². The second-order valence-corrected chi connectivity index (χ2v) is 8.34. The minimum atomic E-state index is 0.731. The first kappa shape index (κ1) is 14.5. The van der Waals surface area contributed by atoms with Crippen LogP contribution in [-0.4, -0.2) is 6.04 Å². The molecule has 102 valence electrons. The molecule has 2 unspecified atom stereocenters. The van der Waals surface area contributed by atoms with Gasteiger partial charge in [0.1, 0.15) is 0 Å². The molecule has 1 aliphatic carbocycles. The molecule has 0 bridgehead atoms. The molecule has 1 aromatic rings. The summed E-state index contributed by atoms with van der Waals surface area (Å²) in [4.78, 5) is 1.44. The van der Waals surface area contributed by atoms with Crippen LogP contribution in [0, 0.1) is 11.8 Å². The van der Waals surface area contributed by atoms with Gasteiger partial charge in [-0.3, -0.25) is 0 Å². The van der Waals surface area contributed by atoms with E-state index in [2.05, 4.69) is 47.2 Å². The fourth-order valence-corrected chi connectivity index (χ4v) is 4.33. The van der Waals surface area contributed by atoms with Crippen LogP contribution in [-0.2, 0) is 6.54 Å². The lowest BCUT2D eigenvalue weighted by atomic mass is 9.89. The Bertz CT molecular complexity index is 361. The van der Waals surface area contributed by atoms with E-state index >= 15 is 0 Å². The summed E-state index contributed by atoms with van der Waals surface area (Å²) >= 11 is 5.37. The molecule has 2 atom stereocenters. The number of hydrogen-bond acceptors (Lipinski definition) is 2. The molecule has 1 aliphatic rings. The summed E-state index contributed by atoms with van der Waals surface area (Å²) in [6.45, 7) is 5.79. The molecule has 18 heavy (non-hydrogen) atoms. The molecule has 0 saturated heterocycles. The molecule has 1 N–H and O–H groups in total. The molecule has 0 amide bonds. The Kier molecular flexibility index (Phi) is 5.71. The molecule has 1 aromatic heterocycles. The first-order valence-corrected chi connectivity index (χ1v) is 8.73. The van der Waals surface area contributed by atoms with Gasteiger partial charge in [0.2, 0.25) is 0 Å². The molecule has 3 heteroatoms. The lowest BCUT2D eigenvalue weighted by molar-refractivity contribution is 0.338. The van der Waals surface area contributed by atoms with E-state index in [9.17, 15) is 0 Å². The van der Waals surface area contributed by atoms with Crippen molar-refractivity contribution in [1.29, 1.82) is 0 Å². The molecule has 1 nitrogen and oxygen atoms in total. The molecular weight excluding hydrogens is 306 g/mol. The summed E-state index contributed by atoms with van der Waals surface area (Å²) in [5.41, 5.74) is 0. The first-order valence-electron chi connectivity index (χ1n) is 7.12. The summed E-state index contributed by atoms with van der Waals surface area (Å²) < 4.78 is 1.24. The van der Waals surface area contributed by atoms with Gasteiger partial charge in [-0.15, -0.1) is 11.3 Å². The average molecular weight is 330 g/mol. The molecule has 0 aliphatic heterocycles. The maximum absolute atomic E-state index is 3.74. The van der Waals surface area contributed by atoms with Gasteiger partial charge in [0, 0.05) is 17.5 Å². The molecule has 0 aromatic carbocycles. The van der Waals surface area contributed by atoms with Crippen LogP contribution in [0.2, 0.25) is 0 Å². The second kappa shape index (κ2) is 7.06. The van der Waals surface area contributed by atoms with Gasteiger partial charge < -0.3 is 5.32 Å². The number of thiophene rings is 1. The van der Waals surface area contributed by atoms with E-state index in [0.717, 1.165) is 24.4 Å². The van der Waals surface area contributed by atoms with Crippen molar-refractivity contribution < 1.29 is 0 Å². The number of nitrogens with one attached hydrogen (secondary N) is 1. The van der Waals surface area contributed by atoms with Crippen LogP contribution in [0.4, 0.5) is 0 Å². The lowest BCUT2D eigenvalue weighted by Crippen LogP contribution is -2.27. The molecule has 1 fully saturated rings. The van der Waals surface area contributed by atoms with Crippen LogP contribution in [0.15, 0.2) is 15.9 Å². The van der Waals surface area contributed by atoms with E-state index in [1.54, 1.807) is 0 Å². The number of halogens is 1. The van der Waals surface area contributed by atoms with Crippen molar-refractivity contribution in [3.05, 3.63) is 20.8 Å².